The van der Waals surface area contributed by atoms with Gasteiger partial charge >= 0.3 is 0 Å². The molecule has 7 nitrogen and oxygen atoms in total. The van der Waals surface area contributed by atoms with E-state index in [1.54, 1.807) is 30.4 Å². The molecular formula is C15H13ClN6O. The highest BCUT2D eigenvalue weighted by Gasteiger charge is 2.27. The average molecular weight is 329 g/mol. The summed E-state index contributed by atoms with van der Waals surface area (Å²) in [4.78, 5) is 23.0. The number of H-pyrrole nitrogens is 1. The van der Waals surface area contributed by atoms with Gasteiger partial charge in [0.25, 0.3) is 5.91 Å². The van der Waals surface area contributed by atoms with Crippen molar-refractivity contribution >= 4 is 17.5 Å². The second kappa shape index (κ2) is 4.92. The molecule has 0 radical (unpaired) electrons. The Morgan fingerprint density at radius 1 is 1.35 bits per heavy atom. The van der Waals surface area contributed by atoms with Crippen molar-refractivity contribution in [1.82, 2.24) is 29.6 Å². The number of amides is 1. The maximum Gasteiger partial charge on any atom is 0.256 e. The second-order valence-corrected chi connectivity index (χ2v) is 5.91. The van der Waals surface area contributed by atoms with Crippen LogP contribution in [-0.2, 0) is 6.54 Å². The van der Waals surface area contributed by atoms with Gasteiger partial charge < -0.3 is 4.90 Å². The molecule has 0 bridgehead atoms. The van der Waals surface area contributed by atoms with E-state index < -0.39 is 0 Å². The minimum Gasteiger partial charge on any atom is -0.336 e. The van der Waals surface area contributed by atoms with Crippen LogP contribution < -0.4 is 0 Å². The smallest absolute Gasteiger partial charge is 0.256 e. The van der Waals surface area contributed by atoms with Gasteiger partial charge in [-0.2, -0.15) is 5.10 Å². The van der Waals surface area contributed by atoms with Gasteiger partial charge in [-0.1, -0.05) is 11.6 Å². The predicted octanol–water partition coefficient (Wildman–Crippen LogP) is 2.20. The molecule has 23 heavy (non-hydrogen) atoms. The van der Waals surface area contributed by atoms with Gasteiger partial charge in [-0.3, -0.25) is 14.5 Å². The largest absolute Gasteiger partial charge is 0.336 e. The van der Waals surface area contributed by atoms with Crippen LogP contribution in [0.5, 0.6) is 0 Å². The van der Waals surface area contributed by atoms with Crippen LogP contribution >= 0.6 is 11.6 Å². The van der Waals surface area contributed by atoms with Crippen LogP contribution in [0.4, 0.5) is 0 Å². The van der Waals surface area contributed by atoms with Crippen molar-refractivity contribution in [2.45, 2.75) is 13.5 Å². The van der Waals surface area contributed by atoms with E-state index in [4.69, 9.17) is 11.6 Å². The molecule has 0 saturated heterocycles. The van der Waals surface area contributed by atoms with Crippen molar-refractivity contribution in [3.05, 3.63) is 46.6 Å². The number of rotatable bonds is 1. The lowest BCUT2D eigenvalue weighted by Gasteiger charge is -2.14. The van der Waals surface area contributed by atoms with Crippen LogP contribution in [0.1, 0.15) is 21.9 Å². The van der Waals surface area contributed by atoms with E-state index in [1.807, 2.05) is 17.6 Å². The standard InChI is InChI=1S/C15H13ClN6O/c1-8-18-14(20-19-8)13-12-6-21(2)15(23)10-5-9(16)3-4-11(10)22(12)7-17-13/h3-5,7H,6H2,1-2H3,(H,18,19,20). The minimum absolute atomic E-state index is 0.0803. The third-order valence-electron chi connectivity index (χ3n) is 3.86. The zero-order chi connectivity index (χ0) is 16.1. The number of aromatic amines is 1. The fourth-order valence-corrected chi connectivity index (χ4v) is 2.93. The van der Waals surface area contributed by atoms with Crippen LogP contribution in [0.3, 0.4) is 0 Å². The number of imidazole rings is 1. The number of fused-ring (bicyclic) bond motifs is 3. The van der Waals surface area contributed by atoms with Crippen LogP contribution in [-0.4, -0.2) is 42.6 Å². The number of aryl methyl sites for hydroxylation is 1. The quantitative estimate of drug-likeness (QED) is 0.742. The molecule has 1 amide bonds. The van der Waals surface area contributed by atoms with Gasteiger partial charge in [-0.05, 0) is 25.1 Å². The van der Waals surface area contributed by atoms with E-state index >= 15 is 0 Å². The molecule has 0 spiro atoms. The topological polar surface area (TPSA) is 79.7 Å². The summed E-state index contributed by atoms with van der Waals surface area (Å²) in [5.74, 6) is 1.16. The molecule has 0 aliphatic carbocycles. The molecule has 2 aromatic heterocycles. The predicted molar refractivity (Wildman–Crippen MR) is 84.5 cm³/mol. The summed E-state index contributed by atoms with van der Waals surface area (Å²) in [6.45, 7) is 2.24. The SMILES string of the molecule is Cc1nc(-c2ncn3c2CN(C)C(=O)c2cc(Cl)ccc2-3)n[nH]1. The molecule has 0 atom stereocenters. The summed E-state index contributed by atoms with van der Waals surface area (Å²) < 4.78 is 1.90. The normalized spacial score (nSPS) is 13.7. The number of carbonyl (C=O) groups is 1. The van der Waals surface area contributed by atoms with Gasteiger partial charge in [-0.15, -0.1) is 0 Å². The summed E-state index contributed by atoms with van der Waals surface area (Å²) in [6, 6.07) is 5.27. The number of halogens is 1. The maximum absolute atomic E-state index is 12.6. The summed E-state index contributed by atoms with van der Waals surface area (Å²) in [5.41, 5.74) is 2.83. The van der Waals surface area contributed by atoms with Gasteiger partial charge in [0.15, 0.2) is 0 Å². The lowest BCUT2D eigenvalue weighted by molar-refractivity contribution is 0.0788. The molecule has 0 fully saturated rings. The van der Waals surface area contributed by atoms with E-state index in [9.17, 15) is 4.79 Å². The number of aromatic nitrogens is 5. The molecule has 116 valence electrons. The molecule has 3 aromatic rings. The lowest BCUT2D eigenvalue weighted by atomic mass is 10.1. The molecule has 0 unspecified atom stereocenters. The van der Waals surface area contributed by atoms with Gasteiger partial charge in [0.05, 0.1) is 23.5 Å². The number of carbonyl (C=O) groups excluding carboxylic acids is 1. The van der Waals surface area contributed by atoms with Crippen LogP contribution in [0.2, 0.25) is 5.02 Å². The highest BCUT2D eigenvalue weighted by molar-refractivity contribution is 6.31. The first-order valence-electron chi connectivity index (χ1n) is 7.05. The first-order chi connectivity index (χ1) is 11.0. The van der Waals surface area contributed by atoms with Crippen LogP contribution in [0.25, 0.3) is 17.2 Å². The van der Waals surface area contributed by atoms with Gasteiger partial charge in [0, 0.05) is 12.1 Å². The van der Waals surface area contributed by atoms with E-state index in [2.05, 4.69) is 20.2 Å². The number of hydrogen-bond donors (Lipinski definition) is 1. The molecule has 1 N–H and O–H groups in total. The monoisotopic (exact) mass is 328 g/mol. The van der Waals surface area contributed by atoms with Crippen molar-refractivity contribution in [3.8, 4) is 17.2 Å². The van der Waals surface area contributed by atoms with Gasteiger partial charge in [0.2, 0.25) is 5.82 Å². The summed E-state index contributed by atoms with van der Waals surface area (Å²) in [7, 11) is 1.75. The first-order valence-corrected chi connectivity index (χ1v) is 7.43. The molecule has 1 aromatic carbocycles. The van der Waals surface area contributed by atoms with Crippen LogP contribution in [0.15, 0.2) is 24.5 Å². The molecule has 8 heteroatoms. The molecule has 0 saturated carbocycles. The summed E-state index contributed by atoms with van der Waals surface area (Å²) >= 11 is 6.05. The molecule has 1 aliphatic rings. The summed E-state index contributed by atoms with van der Waals surface area (Å²) in [6.07, 6.45) is 1.69. The van der Waals surface area contributed by atoms with E-state index in [1.165, 1.54) is 0 Å². The van der Waals surface area contributed by atoms with Crippen molar-refractivity contribution in [3.63, 3.8) is 0 Å². The second-order valence-electron chi connectivity index (χ2n) is 5.48. The Hall–Kier alpha value is -2.67. The Bertz CT molecular complexity index is 928. The molecule has 4 rings (SSSR count). The Labute approximate surface area is 136 Å². The van der Waals surface area contributed by atoms with Crippen molar-refractivity contribution in [2.24, 2.45) is 0 Å². The minimum atomic E-state index is -0.0803. The average Bonchev–Trinajstić information content (AvgIpc) is 3.10. The number of benzene rings is 1. The van der Waals surface area contributed by atoms with Crippen LogP contribution in [0, 0.1) is 6.92 Å². The summed E-state index contributed by atoms with van der Waals surface area (Å²) in [5, 5.41) is 7.52. The maximum atomic E-state index is 12.6. The van der Waals surface area contributed by atoms with E-state index in [-0.39, 0.29) is 5.91 Å². The zero-order valence-corrected chi connectivity index (χ0v) is 13.3. The lowest BCUT2D eigenvalue weighted by Crippen LogP contribution is -2.25. The highest BCUT2D eigenvalue weighted by atomic mass is 35.5. The number of nitrogens with one attached hydrogen (secondary N) is 1. The van der Waals surface area contributed by atoms with Crippen molar-refractivity contribution < 1.29 is 4.79 Å². The zero-order valence-electron chi connectivity index (χ0n) is 12.5. The first kappa shape index (κ1) is 14.0. The Kier molecular flexibility index (Phi) is 2.99. The number of hydrogen-bond acceptors (Lipinski definition) is 4. The Balaban J connectivity index is 1.96. The Morgan fingerprint density at radius 2 is 2.17 bits per heavy atom. The fourth-order valence-electron chi connectivity index (χ4n) is 2.76. The molecule has 3 heterocycles. The van der Waals surface area contributed by atoms with Crippen molar-refractivity contribution in [2.75, 3.05) is 7.05 Å². The van der Waals surface area contributed by atoms with Gasteiger partial charge in [-0.25, -0.2) is 9.97 Å². The third kappa shape index (κ3) is 2.12. The Morgan fingerprint density at radius 3 is 2.91 bits per heavy atom. The fraction of sp³-hybridized carbons (Fsp3) is 0.200. The third-order valence-corrected chi connectivity index (χ3v) is 4.09. The molecular weight excluding hydrogens is 316 g/mol. The van der Waals surface area contributed by atoms with Crippen molar-refractivity contribution in [1.29, 1.82) is 0 Å². The van der Waals surface area contributed by atoms with E-state index in [0.717, 1.165) is 11.4 Å². The van der Waals surface area contributed by atoms with E-state index in [0.29, 0.717) is 34.5 Å². The highest BCUT2D eigenvalue weighted by Crippen LogP contribution is 2.30. The van der Waals surface area contributed by atoms with Gasteiger partial charge in [0.1, 0.15) is 17.8 Å². The number of nitrogens with zero attached hydrogens (tertiary/aromatic N) is 5. The molecule has 1 aliphatic heterocycles.